The summed E-state index contributed by atoms with van der Waals surface area (Å²) in [6.45, 7) is 2.13. The first-order valence-corrected chi connectivity index (χ1v) is 5.62. The lowest BCUT2D eigenvalue weighted by Crippen LogP contribution is -2.20. The smallest absolute Gasteiger partial charge is 0.123 e. The molecule has 0 aromatic heterocycles. The van der Waals surface area contributed by atoms with Crippen LogP contribution in [0.1, 0.15) is 25.3 Å². The van der Waals surface area contributed by atoms with Gasteiger partial charge >= 0.3 is 0 Å². The minimum atomic E-state index is -0.212. The molecule has 0 amide bonds. The maximum Gasteiger partial charge on any atom is 0.123 e. The van der Waals surface area contributed by atoms with Gasteiger partial charge in [-0.1, -0.05) is 11.6 Å². The second-order valence-corrected chi connectivity index (χ2v) is 4.22. The summed E-state index contributed by atoms with van der Waals surface area (Å²) in [5.41, 5.74) is 0.903. The predicted octanol–water partition coefficient (Wildman–Crippen LogP) is 3.41. The van der Waals surface area contributed by atoms with E-state index in [0.717, 1.165) is 24.8 Å². The molecular formula is C12H17ClFN. The Bertz CT molecular complexity index is 314. The molecule has 0 bridgehead atoms. The van der Waals surface area contributed by atoms with Crippen LogP contribution < -0.4 is 5.32 Å². The average molecular weight is 230 g/mol. The van der Waals surface area contributed by atoms with Gasteiger partial charge in [0, 0.05) is 11.1 Å². The Morgan fingerprint density at radius 2 is 2.20 bits per heavy atom. The van der Waals surface area contributed by atoms with Crippen molar-refractivity contribution in [3.8, 4) is 0 Å². The van der Waals surface area contributed by atoms with E-state index >= 15 is 0 Å². The fraction of sp³-hybridized carbons (Fsp3) is 0.500. The van der Waals surface area contributed by atoms with Crippen LogP contribution in [0.5, 0.6) is 0 Å². The topological polar surface area (TPSA) is 12.0 Å². The molecule has 3 heteroatoms. The fourth-order valence-corrected chi connectivity index (χ4v) is 1.69. The second-order valence-electron chi connectivity index (χ2n) is 3.82. The molecule has 0 fully saturated rings. The van der Waals surface area contributed by atoms with Crippen LogP contribution in [0.15, 0.2) is 18.2 Å². The lowest BCUT2D eigenvalue weighted by atomic mass is 10.1. The Morgan fingerprint density at radius 3 is 2.87 bits per heavy atom. The molecule has 1 rings (SSSR count). The number of hydrogen-bond donors (Lipinski definition) is 1. The molecule has 1 unspecified atom stereocenters. The summed E-state index contributed by atoms with van der Waals surface area (Å²) < 4.78 is 12.9. The first kappa shape index (κ1) is 12.5. The third kappa shape index (κ3) is 4.18. The van der Waals surface area contributed by atoms with E-state index in [-0.39, 0.29) is 5.82 Å². The number of aryl methyl sites for hydroxylation is 1. The molecule has 0 heterocycles. The number of halogens is 2. The zero-order valence-electron chi connectivity index (χ0n) is 9.19. The molecule has 0 spiro atoms. The van der Waals surface area contributed by atoms with Crippen molar-refractivity contribution in [2.45, 2.75) is 32.2 Å². The van der Waals surface area contributed by atoms with Gasteiger partial charge in [0.1, 0.15) is 5.82 Å². The lowest BCUT2D eigenvalue weighted by Gasteiger charge is -2.10. The lowest BCUT2D eigenvalue weighted by molar-refractivity contribution is 0.541. The van der Waals surface area contributed by atoms with E-state index in [9.17, 15) is 4.39 Å². The first-order chi connectivity index (χ1) is 7.13. The molecule has 0 saturated carbocycles. The van der Waals surface area contributed by atoms with E-state index < -0.39 is 0 Å². The molecule has 0 saturated heterocycles. The zero-order chi connectivity index (χ0) is 11.3. The fourth-order valence-electron chi connectivity index (χ4n) is 1.48. The highest BCUT2D eigenvalue weighted by Crippen LogP contribution is 2.19. The van der Waals surface area contributed by atoms with Crippen LogP contribution in [0.4, 0.5) is 4.39 Å². The van der Waals surface area contributed by atoms with Crippen molar-refractivity contribution in [3.05, 3.63) is 34.6 Å². The Labute approximate surface area is 95.6 Å². The number of benzene rings is 1. The monoisotopic (exact) mass is 229 g/mol. The summed E-state index contributed by atoms with van der Waals surface area (Å²) in [5.74, 6) is -0.212. The van der Waals surface area contributed by atoms with Gasteiger partial charge in [-0.3, -0.25) is 0 Å². The van der Waals surface area contributed by atoms with E-state index in [1.165, 1.54) is 12.1 Å². The summed E-state index contributed by atoms with van der Waals surface area (Å²) >= 11 is 5.96. The van der Waals surface area contributed by atoms with Crippen LogP contribution in [0.2, 0.25) is 5.02 Å². The van der Waals surface area contributed by atoms with Crippen molar-refractivity contribution in [2.75, 3.05) is 7.05 Å². The summed E-state index contributed by atoms with van der Waals surface area (Å²) in [6, 6.07) is 5.03. The third-order valence-corrected chi connectivity index (χ3v) is 2.95. The zero-order valence-corrected chi connectivity index (χ0v) is 9.94. The SMILES string of the molecule is CNC(C)CCCc1cc(F)ccc1Cl. The van der Waals surface area contributed by atoms with Crippen LogP contribution in [0.3, 0.4) is 0 Å². The van der Waals surface area contributed by atoms with Gasteiger partial charge in [0.15, 0.2) is 0 Å². The summed E-state index contributed by atoms with van der Waals surface area (Å²) in [4.78, 5) is 0. The average Bonchev–Trinajstić information content (AvgIpc) is 2.23. The summed E-state index contributed by atoms with van der Waals surface area (Å²) in [6.07, 6.45) is 2.93. The summed E-state index contributed by atoms with van der Waals surface area (Å²) in [7, 11) is 1.94. The van der Waals surface area contributed by atoms with Gasteiger partial charge in [0.05, 0.1) is 0 Å². The van der Waals surface area contributed by atoms with E-state index in [4.69, 9.17) is 11.6 Å². The Kier molecular flexibility index (Phi) is 5.06. The Hall–Kier alpha value is -0.600. The minimum absolute atomic E-state index is 0.212. The number of hydrogen-bond acceptors (Lipinski definition) is 1. The van der Waals surface area contributed by atoms with Crippen molar-refractivity contribution in [3.63, 3.8) is 0 Å². The van der Waals surface area contributed by atoms with Gasteiger partial charge in [-0.2, -0.15) is 0 Å². The highest BCUT2D eigenvalue weighted by atomic mass is 35.5. The number of rotatable bonds is 5. The molecule has 1 nitrogen and oxygen atoms in total. The van der Waals surface area contributed by atoms with E-state index in [0.29, 0.717) is 11.1 Å². The summed E-state index contributed by atoms with van der Waals surface area (Å²) in [5, 5.41) is 3.83. The molecule has 1 aromatic rings. The van der Waals surface area contributed by atoms with Crippen LogP contribution in [-0.4, -0.2) is 13.1 Å². The van der Waals surface area contributed by atoms with Gasteiger partial charge in [-0.15, -0.1) is 0 Å². The van der Waals surface area contributed by atoms with Gasteiger partial charge in [-0.05, 0) is 57.0 Å². The van der Waals surface area contributed by atoms with Crippen LogP contribution in [0, 0.1) is 5.82 Å². The Balaban J connectivity index is 2.46. The maximum atomic E-state index is 12.9. The molecule has 15 heavy (non-hydrogen) atoms. The molecule has 1 aromatic carbocycles. The predicted molar refractivity (Wildman–Crippen MR) is 62.9 cm³/mol. The van der Waals surface area contributed by atoms with E-state index in [1.54, 1.807) is 6.07 Å². The molecule has 0 aliphatic carbocycles. The third-order valence-electron chi connectivity index (χ3n) is 2.58. The van der Waals surface area contributed by atoms with E-state index in [2.05, 4.69) is 12.2 Å². The van der Waals surface area contributed by atoms with Crippen LogP contribution in [0.25, 0.3) is 0 Å². The molecule has 84 valence electrons. The molecule has 1 atom stereocenters. The molecule has 0 radical (unpaired) electrons. The highest BCUT2D eigenvalue weighted by molar-refractivity contribution is 6.31. The van der Waals surface area contributed by atoms with Gasteiger partial charge in [0.25, 0.3) is 0 Å². The largest absolute Gasteiger partial charge is 0.317 e. The molecule has 1 N–H and O–H groups in total. The second kappa shape index (κ2) is 6.09. The minimum Gasteiger partial charge on any atom is -0.317 e. The van der Waals surface area contributed by atoms with Gasteiger partial charge in [0.2, 0.25) is 0 Å². The van der Waals surface area contributed by atoms with E-state index in [1.807, 2.05) is 7.05 Å². The maximum absolute atomic E-state index is 12.9. The molecular weight excluding hydrogens is 213 g/mol. The first-order valence-electron chi connectivity index (χ1n) is 5.24. The van der Waals surface area contributed by atoms with Crippen molar-refractivity contribution in [2.24, 2.45) is 0 Å². The standard InChI is InChI=1S/C12H17ClFN/c1-9(15-2)4-3-5-10-8-11(14)6-7-12(10)13/h6-9,15H,3-5H2,1-2H3. The van der Waals surface area contributed by atoms with Crippen LogP contribution in [-0.2, 0) is 6.42 Å². The van der Waals surface area contributed by atoms with Crippen LogP contribution >= 0.6 is 11.6 Å². The highest BCUT2D eigenvalue weighted by Gasteiger charge is 2.03. The van der Waals surface area contributed by atoms with Gasteiger partial charge < -0.3 is 5.32 Å². The van der Waals surface area contributed by atoms with Gasteiger partial charge in [-0.25, -0.2) is 4.39 Å². The quantitative estimate of drug-likeness (QED) is 0.816. The van der Waals surface area contributed by atoms with Crippen molar-refractivity contribution in [1.29, 1.82) is 0 Å². The normalized spacial score (nSPS) is 12.8. The number of nitrogens with one attached hydrogen (secondary N) is 1. The van der Waals surface area contributed by atoms with Crippen molar-refractivity contribution < 1.29 is 4.39 Å². The molecule has 0 aliphatic rings. The van der Waals surface area contributed by atoms with Crippen molar-refractivity contribution >= 4 is 11.6 Å². The Morgan fingerprint density at radius 1 is 1.47 bits per heavy atom. The molecule has 0 aliphatic heterocycles. The van der Waals surface area contributed by atoms with Crippen molar-refractivity contribution in [1.82, 2.24) is 5.32 Å².